The Labute approximate surface area is 206 Å². The fourth-order valence-corrected chi connectivity index (χ4v) is 4.82. The standard InChI is InChI=1S/C26H30N2O6S/c1-17(2)23-12-11-22(14-18(23)3)34-16-26(29)27-20-8-13-24(33-5)25(15-20)35(30,31)28-19-6-9-21(32-4)10-7-19/h6-15,17,28H,16H2,1-5H3,(H,27,29). The molecule has 3 aromatic rings. The highest BCUT2D eigenvalue weighted by Gasteiger charge is 2.21. The van der Waals surface area contributed by atoms with Crippen LogP contribution in [0.3, 0.4) is 0 Å². The summed E-state index contributed by atoms with van der Waals surface area (Å²) in [4.78, 5) is 12.4. The molecule has 35 heavy (non-hydrogen) atoms. The Bertz CT molecular complexity index is 1290. The van der Waals surface area contributed by atoms with Crippen LogP contribution in [0.5, 0.6) is 17.2 Å². The summed E-state index contributed by atoms with van der Waals surface area (Å²) in [5.41, 5.74) is 2.96. The van der Waals surface area contributed by atoms with Gasteiger partial charge in [0.2, 0.25) is 0 Å². The minimum absolute atomic E-state index is 0.116. The molecular weight excluding hydrogens is 468 g/mol. The average Bonchev–Trinajstić information content (AvgIpc) is 2.83. The number of nitrogens with one attached hydrogen (secondary N) is 2. The normalized spacial score (nSPS) is 11.1. The number of aryl methyl sites for hydroxylation is 1. The first-order chi connectivity index (χ1) is 16.6. The SMILES string of the molecule is COc1ccc(NS(=O)(=O)c2cc(NC(=O)COc3ccc(C(C)C)c(C)c3)ccc2OC)cc1. The molecule has 3 aromatic carbocycles. The molecule has 8 nitrogen and oxygen atoms in total. The van der Waals surface area contributed by atoms with Crippen LogP contribution < -0.4 is 24.2 Å². The van der Waals surface area contributed by atoms with Gasteiger partial charge >= 0.3 is 0 Å². The molecule has 0 atom stereocenters. The van der Waals surface area contributed by atoms with E-state index in [9.17, 15) is 13.2 Å². The number of methoxy groups -OCH3 is 2. The lowest BCUT2D eigenvalue weighted by Gasteiger charge is -2.14. The van der Waals surface area contributed by atoms with Crippen molar-refractivity contribution in [3.8, 4) is 17.2 Å². The molecule has 0 heterocycles. The second-order valence-corrected chi connectivity index (χ2v) is 9.86. The first-order valence-corrected chi connectivity index (χ1v) is 12.5. The van der Waals surface area contributed by atoms with Crippen LogP contribution in [-0.4, -0.2) is 35.2 Å². The molecule has 0 saturated carbocycles. The quantitative estimate of drug-likeness (QED) is 0.410. The number of carbonyl (C=O) groups excluding carboxylic acids is 1. The molecule has 0 aliphatic carbocycles. The van der Waals surface area contributed by atoms with Crippen LogP contribution in [0, 0.1) is 6.92 Å². The van der Waals surface area contributed by atoms with Crippen LogP contribution in [0.1, 0.15) is 30.9 Å². The number of hydrogen-bond acceptors (Lipinski definition) is 6. The number of benzene rings is 3. The van der Waals surface area contributed by atoms with Gasteiger partial charge in [0.25, 0.3) is 15.9 Å². The van der Waals surface area contributed by atoms with Gasteiger partial charge in [0.1, 0.15) is 22.1 Å². The Balaban J connectivity index is 1.71. The maximum absolute atomic E-state index is 13.0. The van der Waals surface area contributed by atoms with Crippen molar-refractivity contribution < 1.29 is 27.4 Å². The highest BCUT2D eigenvalue weighted by Crippen LogP contribution is 2.29. The van der Waals surface area contributed by atoms with Crippen molar-refractivity contribution in [2.75, 3.05) is 30.9 Å². The second-order valence-electron chi connectivity index (χ2n) is 8.21. The molecule has 0 saturated heterocycles. The number of ether oxygens (including phenoxy) is 3. The zero-order valence-electron chi connectivity index (χ0n) is 20.4. The molecule has 0 aliphatic heterocycles. The van der Waals surface area contributed by atoms with Crippen LogP contribution in [0.15, 0.2) is 65.6 Å². The van der Waals surface area contributed by atoms with Crippen molar-refractivity contribution in [2.45, 2.75) is 31.6 Å². The van der Waals surface area contributed by atoms with Gasteiger partial charge in [-0.15, -0.1) is 0 Å². The minimum atomic E-state index is -4.00. The number of sulfonamides is 1. The number of hydrogen-bond donors (Lipinski definition) is 2. The monoisotopic (exact) mass is 498 g/mol. The van der Waals surface area contributed by atoms with Gasteiger partial charge in [0.15, 0.2) is 6.61 Å². The molecule has 0 unspecified atom stereocenters. The van der Waals surface area contributed by atoms with Crippen molar-refractivity contribution >= 4 is 27.3 Å². The van der Waals surface area contributed by atoms with Crippen LogP contribution in [0.4, 0.5) is 11.4 Å². The van der Waals surface area contributed by atoms with Crippen molar-refractivity contribution in [1.82, 2.24) is 0 Å². The van der Waals surface area contributed by atoms with E-state index in [1.807, 2.05) is 25.1 Å². The predicted molar refractivity (Wildman–Crippen MR) is 136 cm³/mol. The van der Waals surface area contributed by atoms with E-state index in [1.165, 1.54) is 31.9 Å². The molecule has 2 N–H and O–H groups in total. The van der Waals surface area contributed by atoms with Gasteiger partial charge in [-0.3, -0.25) is 9.52 Å². The molecule has 0 aliphatic rings. The van der Waals surface area contributed by atoms with E-state index >= 15 is 0 Å². The van der Waals surface area contributed by atoms with E-state index in [1.54, 1.807) is 30.3 Å². The van der Waals surface area contributed by atoms with Crippen molar-refractivity contribution in [3.05, 3.63) is 71.8 Å². The summed E-state index contributed by atoms with van der Waals surface area (Å²) < 4.78 is 44.5. The topological polar surface area (TPSA) is 103 Å². The summed E-state index contributed by atoms with van der Waals surface area (Å²) >= 11 is 0. The van der Waals surface area contributed by atoms with Crippen molar-refractivity contribution in [1.29, 1.82) is 0 Å². The fourth-order valence-electron chi connectivity index (χ4n) is 3.57. The van der Waals surface area contributed by atoms with Gasteiger partial charge in [-0.05, 0) is 78.6 Å². The first kappa shape index (κ1) is 25.9. The van der Waals surface area contributed by atoms with E-state index in [2.05, 4.69) is 23.9 Å². The average molecular weight is 499 g/mol. The summed E-state index contributed by atoms with van der Waals surface area (Å²) in [5.74, 6) is 1.30. The van der Waals surface area contributed by atoms with E-state index in [0.29, 0.717) is 28.8 Å². The largest absolute Gasteiger partial charge is 0.497 e. The molecular formula is C26H30N2O6S. The molecule has 0 spiro atoms. The summed E-state index contributed by atoms with van der Waals surface area (Å²) in [6.07, 6.45) is 0. The number of carbonyl (C=O) groups is 1. The lowest BCUT2D eigenvalue weighted by Crippen LogP contribution is -2.21. The Morgan fingerprint density at radius 2 is 1.54 bits per heavy atom. The molecule has 1 amide bonds. The van der Waals surface area contributed by atoms with Crippen molar-refractivity contribution in [2.24, 2.45) is 0 Å². The summed E-state index contributed by atoms with van der Waals surface area (Å²) in [6, 6.07) is 16.5. The zero-order chi connectivity index (χ0) is 25.6. The minimum Gasteiger partial charge on any atom is -0.497 e. The molecule has 0 aromatic heterocycles. The van der Waals surface area contributed by atoms with E-state index in [-0.39, 0.29) is 17.3 Å². The Morgan fingerprint density at radius 3 is 2.14 bits per heavy atom. The van der Waals surface area contributed by atoms with E-state index < -0.39 is 15.9 Å². The van der Waals surface area contributed by atoms with E-state index in [0.717, 1.165) is 5.56 Å². The van der Waals surface area contributed by atoms with Gasteiger partial charge in [-0.2, -0.15) is 0 Å². The third-order valence-electron chi connectivity index (χ3n) is 5.31. The smallest absolute Gasteiger partial charge is 0.265 e. The van der Waals surface area contributed by atoms with Gasteiger partial charge < -0.3 is 19.5 Å². The molecule has 3 rings (SSSR count). The Morgan fingerprint density at radius 1 is 0.886 bits per heavy atom. The lowest BCUT2D eigenvalue weighted by atomic mass is 9.98. The highest BCUT2D eigenvalue weighted by molar-refractivity contribution is 7.92. The third-order valence-corrected chi connectivity index (χ3v) is 6.71. The Kier molecular flexibility index (Phi) is 8.24. The first-order valence-electron chi connectivity index (χ1n) is 11.0. The summed E-state index contributed by atoms with van der Waals surface area (Å²) in [7, 11) is -1.10. The number of amides is 1. The fraction of sp³-hybridized carbons (Fsp3) is 0.269. The molecule has 0 fully saturated rings. The lowest BCUT2D eigenvalue weighted by molar-refractivity contribution is -0.118. The van der Waals surface area contributed by atoms with Gasteiger partial charge in [0, 0.05) is 11.4 Å². The van der Waals surface area contributed by atoms with Gasteiger partial charge in [-0.1, -0.05) is 19.9 Å². The molecule has 0 radical (unpaired) electrons. The Hall–Kier alpha value is -3.72. The number of anilines is 2. The van der Waals surface area contributed by atoms with Crippen LogP contribution in [-0.2, 0) is 14.8 Å². The van der Waals surface area contributed by atoms with Crippen molar-refractivity contribution in [3.63, 3.8) is 0 Å². The second kappa shape index (κ2) is 11.1. The summed E-state index contributed by atoms with van der Waals surface area (Å²) in [6.45, 7) is 6.01. The maximum atomic E-state index is 13.0. The third kappa shape index (κ3) is 6.66. The number of rotatable bonds is 10. The van der Waals surface area contributed by atoms with Gasteiger partial charge in [0.05, 0.1) is 14.2 Å². The predicted octanol–water partition coefficient (Wildman–Crippen LogP) is 4.95. The maximum Gasteiger partial charge on any atom is 0.265 e. The van der Waals surface area contributed by atoms with Crippen LogP contribution in [0.25, 0.3) is 0 Å². The zero-order valence-corrected chi connectivity index (χ0v) is 21.2. The van der Waals surface area contributed by atoms with Gasteiger partial charge in [-0.25, -0.2) is 8.42 Å². The molecule has 9 heteroatoms. The summed E-state index contributed by atoms with van der Waals surface area (Å²) in [5, 5.41) is 2.67. The van der Waals surface area contributed by atoms with Crippen LogP contribution >= 0.6 is 0 Å². The van der Waals surface area contributed by atoms with E-state index in [4.69, 9.17) is 14.2 Å². The highest BCUT2D eigenvalue weighted by atomic mass is 32.2. The molecule has 0 bridgehead atoms. The van der Waals surface area contributed by atoms with Crippen LogP contribution in [0.2, 0.25) is 0 Å². The molecule has 186 valence electrons.